The Hall–Kier alpha value is -1.36. The van der Waals surface area contributed by atoms with Crippen molar-refractivity contribution in [3.05, 3.63) is 16.5 Å². The standard InChI is InChI=1S/C9H11NO3S/c1-3-13-9(12)7-6(2)4-14-8(7)10-5-11/h4-5H,3H2,1-2H3,(H,10,11). The van der Waals surface area contributed by atoms with E-state index >= 15 is 0 Å². The van der Waals surface area contributed by atoms with Gasteiger partial charge in [-0.15, -0.1) is 11.3 Å². The summed E-state index contributed by atoms with van der Waals surface area (Å²) in [4.78, 5) is 21.7. The van der Waals surface area contributed by atoms with E-state index in [0.29, 0.717) is 23.6 Å². The molecule has 76 valence electrons. The van der Waals surface area contributed by atoms with Gasteiger partial charge < -0.3 is 10.1 Å². The molecule has 0 bridgehead atoms. The predicted molar refractivity (Wildman–Crippen MR) is 54.7 cm³/mol. The Bertz CT molecular complexity index is 346. The van der Waals surface area contributed by atoms with E-state index in [0.717, 1.165) is 5.56 Å². The lowest BCUT2D eigenvalue weighted by Crippen LogP contribution is -2.08. The molecular formula is C9H11NO3S. The van der Waals surface area contributed by atoms with E-state index in [1.165, 1.54) is 11.3 Å². The number of nitrogens with one attached hydrogen (secondary N) is 1. The first-order valence-electron chi connectivity index (χ1n) is 4.16. The van der Waals surface area contributed by atoms with Gasteiger partial charge in [0.25, 0.3) is 0 Å². The zero-order valence-electron chi connectivity index (χ0n) is 7.99. The molecule has 1 N–H and O–H groups in total. The molecule has 0 saturated heterocycles. The zero-order chi connectivity index (χ0) is 10.6. The SMILES string of the molecule is CCOC(=O)c1c(C)csc1NC=O. The molecule has 1 amide bonds. The van der Waals surface area contributed by atoms with Crippen LogP contribution in [0.5, 0.6) is 0 Å². The van der Waals surface area contributed by atoms with Crippen molar-refractivity contribution in [2.75, 3.05) is 11.9 Å². The summed E-state index contributed by atoms with van der Waals surface area (Å²) in [6.07, 6.45) is 0.550. The largest absolute Gasteiger partial charge is 0.462 e. The fourth-order valence-corrected chi connectivity index (χ4v) is 1.95. The van der Waals surface area contributed by atoms with Crippen molar-refractivity contribution in [1.82, 2.24) is 0 Å². The molecule has 0 unspecified atom stereocenters. The van der Waals surface area contributed by atoms with Gasteiger partial charge in [0.1, 0.15) is 5.00 Å². The van der Waals surface area contributed by atoms with Crippen LogP contribution in [-0.2, 0) is 9.53 Å². The Labute approximate surface area is 85.9 Å². The van der Waals surface area contributed by atoms with Crippen molar-refractivity contribution in [1.29, 1.82) is 0 Å². The number of thiophene rings is 1. The Kier molecular flexibility index (Phi) is 3.64. The number of hydrogen-bond acceptors (Lipinski definition) is 4. The summed E-state index contributed by atoms with van der Waals surface area (Å²) >= 11 is 1.31. The summed E-state index contributed by atoms with van der Waals surface area (Å²) in [5.74, 6) is -0.393. The van der Waals surface area contributed by atoms with E-state index in [4.69, 9.17) is 4.74 Å². The third kappa shape index (κ3) is 2.11. The number of carbonyl (C=O) groups excluding carboxylic acids is 2. The molecule has 0 fully saturated rings. The normalized spacial score (nSPS) is 9.57. The van der Waals surface area contributed by atoms with E-state index in [2.05, 4.69) is 5.32 Å². The van der Waals surface area contributed by atoms with Crippen molar-refractivity contribution >= 4 is 28.7 Å². The monoisotopic (exact) mass is 213 g/mol. The maximum atomic E-state index is 11.5. The molecule has 1 rings (SSSR count). The summed E-state index contributed by atoms with van der Waals surface area (Å²) in [6.45, 7) is 3.87. The number of esters is 1. The van der Waals surface area contributed by atoms with Gasteiger partial charge in [0.05, 0.1) is 12.2 Å². The van der Waals surface area contributed by atoms with Crippen molar-refractivity contribution < 1.29 is 14.3 Å². The Balaban J connectivity index is 2.97. The van der Waals surface area contributed by atoms with Crippen molar-refractivity contribution in [3.63, 3.8) is 0 Å². The number of ether oxygens (including phenoxy) is 1. The molecule has 0 aliphatic rings. The van der Waals surface area contributed by atoms with Crippen LogP contribution in [0.4, 0.5) is 5.00 Å². The molecule has 0 atom stereocenters. The highest BCUT2D eigenvalue weighted by Crippen LogP contribution is 2.27. The molecule has 0 saturated carbocycles. The van der Waals surface area contributed by atoms with Gasteiger partial charge in [-0.25, -0.2) is 4.79 Å². The van der Waals surface area contributed by atoms with Gasteiger partial charge in [0, 0.05) is 0 Å². The van der Waals surface area contributed by atoms with Crippen LogP contribution in [0.15, 0.2) is 5.38 Å². The van der Waals surface area contributed by atoms with Gasteiger partial charge in [-0.3, -0.25) is 4.79 Å². The van der Waals surface area contributed by atoms with E-state index in [9.17, 15) is 9.59 Å². The first-order valence-corrected chi connectivity index (χ1v) is 5.04. The van der Waals surface area contributed by atoms with Crippen LogP contribution < -0.4 is 5.32 Å². The molecule has 5 heteroatoms. The molecule has 4 nitrogen and oxygen atoms in total. The van der Waals surface area contributed by atoms with E-state index in [1.807, 2.05) is 0 Å². The fraction of sp³-hybridized carbons (Fsp3) is 0.333. The number of hydrogen-bond donors (Lipinski definition) is 1. The predicted octanol–water partition coefficient (Wildman–Crippen LogP) is 1.80. The summed E-state index contributed by atoms with van der Waals surface area (Å²) < 4.78 is 4.87. The smallest absolute Gasteiger partial charge is 0.341 e. The molecule has 14 heavy (non-hydrogen) atoms. The van der Waals surface area contributed by atoms with Crippen LogP contribution in [0.25, 0.3) is 0 Å². The van der Waals surface area contributed by atoms with Crippen molar-refractivity contribution in [2.45, 2.75) is 13.8 Å². The lowest BCUT2D eigenvalue weighted by Gasteiger charge is -2.03. The maximum absolute atomic E-state index is 11.5. The fourth-order valence-electron chi connectivity index (χ4n) is 1.06. The molecule has 1 aromatic heterocycles. The summed E-state index contributed by atoms with van der Waals surface area (Å²) in [5.41, 5.74) is 1.27. The number of aryl methyl sites for hydroxylation is 1. The summed E-state index contributed by atoms with van der Waals surface area (Å²) in [7, 11) is 0. The van der Waals surface area contributed by atoms with Crippen LogP contribution in [0, 0.1) is 6.92 Å². The van der Waals surface area contributed by atoms with Crippen molar-refractivity contribution in [2.24, 2.45) is 0 Å². The molecule has 0 aliphatic heterocycles. The minimum Gasteiger partial charge on any atom is -0.462 e. The Morgan fingerprint density at radius 3 is 3.00 bits per heavy atom. The van der Waals surface area contributed by atoms with Gasteiger partial charge in [-0.2, -0.15) is 0 Å². The topological polar surface area (TPSA) is 55.4 Å². The Morgan fingerprint density at radius 2 is 2.43 bits per heavy atom. The second-order valence-corrected chi connectivity index (χ2v) is 3.49. The molecule has 0 radical (unpaired) electrons. The van der Waals surface area contributed by atoms with Gasteiger partial charge in [-0.1, -0.05) is 0 Å². The van der Waals surface area contributed by atoms with Gasteiger partial charge in [-0.05, 0) is 24.8 Å². The highest BCUT2D eigenvalue weighted by atomic mass is 32.1. The summed E-state index contributed by atoms with van der Waals surface area (Å²) in [5, 5.41) is 4.81. The first kappa shape index (κ1) is 10.7. The highest BCUT2D eigenvalue weighted by Gasteiger charge is 2.17. The minimum atomic E-state index is -0.393. The first-order chi connectivity index (χ1) is 6.70. The van der Waals surface area contributed by atoms with Crippen LogP contribution >= 0.6 is 11.3 Å². The highest BCUT2D eigenvalue weighted by molar-refractivity contribution is 7.15. The molecule has 1 aromatic rings. The van der Waals surface area contributed by atoms with Crippen LogP contribution in [0.1, 0.15) is 22.8 Å². The van der Waals surface area contributed by atoms with E-state index < -0.39 is 5.97 Å². The van der Waals surface area contributed by atoms with Crippen molar-refractivity contribution in [3.8, 4) is 0 Å². The van der Waals surface area contributed by atoms with E-state index in [1.54, 1.807) is 19.2 Å². The average molecular weight is 213 g/mol. The lowest BCUT2D eigenvalue weighted by molar-refractivity contribution is -0.105. The lowest BCUT2D eigenvalue weighted by atomic mass is 10.2. The van der Waals surface area contributed by atoms with Gasteiger partial charge in [0.15, 0.2) is 0 Å². The number of carbonyl (C=O) groups is 2. The molecule has 1 heterocycles. The second kappa shape index (κ2) is 4.76. The van der Waals surface area contributed by atoms with Crippen LogP contribution in [0.3, 0.4) is 0 Å². The maximum Gasteiger partial charge on any atom is 0.341 e. The summed E-state index contributed by atoms with van der Waals surface area (Å²) in [6, 6.07) is 0. The van der Waals surface area contributed by atoms with Gasteiger partial charge >= 0.3 is 5.97 Å². The minimum absolute atomic E-state index is 0.328. The van der Waals surface area contributed by atoms with Crippen LogP contribution in [0.2, 0.25) is 0 Å². The van der Waals surface area contributed by atoms with Gasteiger partial charge in [0.2, 0.25) is 6.41 Å². The van der Waals surface area contributed by atoms with E-state index in [-0.39, 0.29) is 0 Å². The molecule has 0 aromatic carbocycles. The molecular weight excluding hydrogens is 202 g/mol. The second-order valence-electron chi connectivity index (χ2n) is 2.61. The number of rotatable bonds is 4. The Morgan fingerprint density at radius 1 is 1.71 bits per heavy atom. The molecule has 0 spiro atoms. The number of anilines is 1. The quantitative estimate of drug-likeness (QED) is 0.613. The average Bonchev–Trinajstić information content (AvgIpc) is 2.48. The molecule has 0 aliphatic carbocycles. The third-order valence-corrected chi connectivity index (χ3v) is 2.67. The third-order valence-electron chi connectivity index (χ3n) is 1.64. The number of amides is 1. The van der Waals surface area contributed by atoms with Crippen LogP contribution in [-0.4, -0.2) is 19.0 Å². The zero-order valence-corrected chi connectivity index (χ0v) is 8.81.